The Morgan fingerprint density at radius 2 is 0.953 bits per heavy atom. The van der Waals surface area contributed by atoms with Gasteiger partial charge in [0.25, 0.3) is 0 Å². The number of allylic oxidation sites excluding steroid dienone is 4. The largest absolute Gasteiger partial charge is 2.00 e. The summed E-state index contributed by atoms with van der Waals surface area (Å²) in [7, 11) is 0.271. The molecular formula is C40H48NSiZr. The molecule has 1 nitrogen and oxygen atoms in total. The van der Waals surface area contributed by atoms with Gasteiger partial charge in [-0.15, -0.1) is 13.0 Å². The van der Waals surface area contributed by atoms with Crippen LogP contribution in [0.15, 0.2) is 138 Å². The molecule has 4 aromatic carbocycles. The van der Waals surface area contributed by atoms with Gasteiger partial charge in [-0.2, -0.15) is 11.1 Å². The molecule has 2 aliphatic rings. The minimum Gasteiger partial charge on any atom is -0.675 e. The molecule has 43 heavy (non-hydrogen) atoms. The van der Waals surface area contributed by atoms with Crippen molar-refractivity contribution >= 4 is 19.9 Å². The van der Waals surface area contributed by atoms with Crippen molar-refractivity contribution in [1.82, 2.24) is 0 Å². The van der Waals surface area contributed by atoms with Gasteiger partial charge in [0.1, 0.15) is 9.52 Å². The Morgan fingerprint density at radius 1 is 0.581 bits per heavy atom. The first kappa shape index (κ1) is 36.6. The molecule has 221 valence electrons. The van der Waals surface area contributed by atoms with Crippen molar-refractivity contribution < 1.29 is 26.2 Å². The van der Waals surface area contributed by atoms with Crippen molar-refractivity contribution in [2.24, 2.45) is 5.92 Å². The number of hydrogen-bond donors (Lipinski definition) is 0. The van der Waals surface area contributed by atoms with E-state index in [0.717, 1.165) is 12.8 Å². The van der Waals surface area contributed by atoms with E-state index >= 15 is 0 Å². The van der Waals surface area contributed by atoms with Gasteiger partial charge in [0.05, 0.1) is 0 Å². The Hall–Kier alpha value is -2.58. The van der Waals surface area contributed by atoms with Crippen LogP contribution in [0.2, 0.25) is 0 Å². The molecule has 0 heterocycles. The van der Waals surface area contributed by atoms with Crippen LogP contribution < -0.4 is 10.4 Å². The van der Waals surface area contributed by atoms with E-state index in [4.69, 9.17) is 5.73 Å². The predicted molar refractivity (Wildman–Crippen MR) is 187 cm³/mol. The fourth-order valence-corrected chi connectivity index (χ4v) is 6.21. The van der Waals surface area contributed by atoms with Crippen LogP contribution in [0, 0.1) is 12.0 Å². The van der Waals surface area contributed by atoms with Gasteiger partial charge in [0, 0.05) is 0 Å². The first-order chi connectivity index (χ1) is 20.4. The zero-order valence-corrected chi connectivity index (χ0v) is 30.1. The van der Waals surface area contributed by atoms with Gasteiger partial charge in [-0.25, -0.2) is 5.57 Å². The van der Waals surface area contributed by atoms with Crippen LogP contribution in [0.25, 0.3) is 16.9 Å². The number of nitrogens with one attached hydrogen (secondary N) is 1. The zero-order chi connectivity index (χ0) is 30.0. The van der Waals surface area contributed by atoms with Crippen molar-refractivity contribution in [3.8, 4) is 11.1 Å². The third-order valence-electron chi connectivity index (χ3n) is 7.91. The van der Waals surface area contributed by atoms with E-state index in [2.05, 4.69) is 143 Å². The maximum atomic E-state index is 7.41. The second-order valence-electron chi connectivity index (χ2n) is 11.2. The zero-order valence-electron chi connectivity index (χ0n) is 26.5. The Kier molecular flexibility index (Phi) is 18.0. The van der Waals surface area contributed by atoms with Crippen LogP contribution in [0.3, 0.4) is 0 Å². The molecule has 0 saturated heterocycles. The van der Waals surface area contributed by atoms with E-state index in [1.54, 1.807) is 0 Å². The van der Waals surface area contributed by atoms with Crippen LogP contribution in [-0.4, -0.2) is 15.6 Å². The third-order valence-corrected chi connectivity index (χ3v) is 9.34. The average Bonchev–Trinajstić information content (AvgIpc) is 3.19. The summed E-state index contributed by atoms with van der Waals surface area (Å²) in [4.78, 5) is 0. The van der Waals surface area contributed by atoms with Crippen LogP contribution in [-0.2, 0) is 26.2 Å². The summed E-state index contributed by atoms with van der Waals surface area (Å²) in [5, 5.41) is 2.90. The van der Waals surface area contributed by atoms with Crippen LogP contribution in [0.5, 0.6) is 0 Å². The molecule has 2 aliphatic carbocycles. The first-order valence-corrected chi connectivity index (χ1v) is 16.6. The molecule has 0 amide bonds. The van der Waals surface area contributed by atoms with E-state index in [1.807, 2.05) is 12.1 Å². The van der Waals surface area contributed by atoms with Gasteiger partial charge in [0.2, 0.25) is 0 Å². The van der Waals surface area contributed by atoms with Crippen molar-refractivity contribution in [3.63, 3.8) is 0 Å². The quantitative estimate of drug-likeness (QED) is 0.119. The Morgan fingerprint density at radius 3 is 1.26 bits per heavy atom. The molecule has 0 bridgehead atoms. The standard InChI is InChI=1S/C12H11Si.C12H10.C9H13.C7H14N.Zr/c1-3-7-11(8-4-1)13-12-9-5-2-6-10-12;1-3-7-11(8-4-1)12-9-5-2-6-10-12;1-6-5-7(2)9(4)8(6)3;8-7-5-3-1-2-4-6-7;/h1-10,13H;1-10H;6H,1-4H3;7-8H,1-6H2;/q;;2*-1;+2. The van der Waals surface area contributed by atoms with Gasteiger partial charge >= 0.3 is 26.2 Å². The molecule has 6 rings (SSSR count). The molecule has 0 aromatic heterocycles. The molecule has 0 spiro atoms. The van der Waals surface area contributed by atoms with E-state index in [1.165, 1.54) is 63.9 Å². The van der Waals surface area contributed by atoms with Crippen LogP contribution in [0.1, 0.15) is 66.2 Å². The summed E-state index contributed by atoms with van der Waals surface area (Å²) in [6.45, 7) is 8.67. The van der Waals surface area contributed by atoms with Crippen molar-refractivity contribution in [3.05, 3.63) is 150 Å². The maximum absolute atomic E-state index is 7.41. The molecule has 1 atom stereocenters. The van der Waals surface area contributed by atoms with Crippen molar-refractivity contribution in [2.45, 2.75) is 72.3 Å². The molecule has 3 heteroatoms. The van der Waals surface area contributed by atoms with E-state index < -0.39 is 0 Å². The molecular weight excluding hydrogens is 614 g/mol. The maximum Gasteiger partial charge on any atom is 2.00 e. The Balaban J connectivity index is 0.000000202. The van der Waals surface area contributed by atoms with Gasteiger partial charge in [-0.1, -0.05) is 197 Å². The molecule has 1 unspecified atom stereocenters. The molecule has 1 radical (unpaired) electrons. The molecule has 1 fully saturated rings. The molecule has 1 saturated carbocycles. The van der Waals surface area contributed by atoms with Gasteiger partial charge < -0.3 is 5.73 Å². The second-order valence-corrected chi connectivity index (χ2v) is 12.8. The van der Waals surface area contributed by atoms with Crippen LogP contribution >= 0.6 is 0 Å². The Labute approximate surface area is 283 Å². The second kappa shape index (κ2) is 21.2. The third kappa shape index (κ3) is 14.2. The van der Waals surface area contributed by atoms with Gasteiger partial charge in [0.15, 0.2) is 0 Å². The monoisotopic (exact) mass is 660 g/mol. The smallest absolute Gasteiger partial charge is 0.675 e. The molecule has 1 N–H and O–H groups in total. The fourth-order valence-electron chi connectivity index (χ4n) is 4.99. The molecule has 4 aromatic rings. The van der Waals surface area contributed by atoms with E-state index in [9.17, 15) is 0 Å². The fraction of sp³-hybridized carbons (Fsp3) is 0.300. The minimum absolute atomic E-state index is 0. The van der Waals surface area contributed by atoms with E-state index in [-0.39, 0.29) is 41.8 Å². The molecule has 0 aliphatic heterocycles. The SMILES string of the molecule is CC1=[C-]C(C)C(C)=C1C.[NH-]C1CCCCCC1.[Zr+2].c1ccc(-c2ccccc2)cc1.c1ccc([SiH]c2ccccc2)cc1. The number of rotatable bonds is 3. The predicted octanol–water partition coefficient (Wildman–Crippen LogP) is 9.91. The topological polar surface area (TPSA) is 23.8 Å². The normalized spacial score (nSPS) is 16.0. The summed E-state index contributed by atoms with van der Waals surface area (Å²) >= 11 is 0. The van der Waals surface area contributed by atoms with Crippen molar-refractivity contribution in [1.29, 1.82) is 0 Å². The number of benzene rings is 4. The summed E-state index contributed by atoms with van der Waals surface area (Å²) in [6, 6.07) is 42.4. The first-order valence-electron chi connectivity index (χ1n) is 15.5. The minimum atomic E-state index is 0. The summed E-state index contributed by atoms with van der Waals surface area (Å²) in [5.74, 6) is 0.560. The summed E-state index contributed by atoms with van der Waals surface area (Å²) in [5.41, 5.74) is 14.2. The average molecular weight is 662 g/mol. The number of hydrogen-bond acceptors (Lipinski definition) is 0. The van der Waals surface area contributed by atoms with Gasteiger partial charge in [-0.3, -0.25) is 6.08 Å². The van der Waals surface area contributed by atoms with E-state index in [0.29, 0.717) is 5.92 Å². The Bertz CT molecular complexity index is 1250. The summed E-state index contributed by atoms with van der Waals surface area (Å²) in [6.07, 6.45) is 11.0. The summed E-state index contributed by atoms with van der Waals surface area (Å²) < 4.78 is 0. The van der Waals surface area contributed by atoms with Gasteiger partial charge in [-0.05, 0) is 11.1 Å². The van der Waals surface area contributed by atoms with Crippen molar-refractivity contribution in [2.75, 3.05) is 0 Å². The van der Waals surface area contributed by atoms with Crippen LogP contribution in [0.4, 0.5) is 0 Å².